The predicted molar refractivity (Wildman–Crippen MR) is 65.0 cm³/mol. The Kier molecular flexibility index (Phi) is 4.45. The summed E-state index contributed by atoms with van der Waals surface area (Å²) in [5, 5.41) is 9.02. The first-order valence-corrected chi connectivity index (χ1v) is 5.86. The molecule has 0 amide bonds. The van der Waals surface area contributed by atoms with E-state index in [0.717, 1.165) is 4.47 Å². The fourth-order valence-corrected chi connectivity index (χ4v) is 1.99. The highest BCUT2D eigenvalue weighted by Crippen LogP contribution is 2.29. The third-order valence-corrected chi connectivity index (χ3v) is 3.06. The molecule has 0 aliphatic carbocycles. The highest BCUT2D eigenvalue weighted by molar-refractivity contribution is 9.10. The van der Waals surface area contributed by atoms with Crippen LogP contribution in [0.2, 0.25) is 0 Å². The summed E-state index contributed by atoms with van der Waals surface area (Å²) < 4.78 is 14.3. The highest BCUT2D eigenvalue weighted by atomic mass is 79.9. The Balaban J connectivity index is 3.08. The van der Waals surface area contributed by atoms with Gasteiger partial charge in [0.05, 0.1) is 12.0 Å². The number of hydrogen-bond acceptors (Lipinski definition) is 2. The molecule has 1 aromatic rings. The fourth-order valence-electron chi connectivity index (χ4n) is 1.61. The lowest BCUT2D eigenvalue weighted by Gasteiger charge is -2.21. The van der Waals surface area contributed by atoms with Crippen LogP contribution in [0, 0.1) is 29.0 Å². The van der Waals surface area contributed by atoms with Crippen LogP contribution in [0.1, 0.15) is 25.5 Å². The minimum absolute atomic E-state index is 0.0957. The first-order chi connectivity index (χ1) is 7.47. The molecular formula is C12H14BrFN2. The van der Waals surface area contributed by atoms with Crippen molar-refractivity contribution >= 4 is 15.9 Å². The Hall–Kier alpha value is -0.920. The molecule has 0 spiro atoms. The van der Waals surface area contributed by atoms with E-state index in [0.29, 0.717) is 5.56 Å². The molecule has 86 valence electrons. The van der Waals surface area contributed by atoms with Gasteiger partial charge < -0.3 is 5.73 Å². The van der Waals surface area contributed by atoms with Crippen molar-refractivity contribution in [2.45, 2.75) is 19.9 Å². The monoisotopic (exact) mass is 284 g/mol. The lowest BCUT2D eigenvalue weighted by molar-refractivity contribution is 0.394. The quantitative estimate of drug-likeness (QED) is 0.925. The molecule has 0 aliphatic rings. The minimum Gasteiger partial charge on any atom is -0.323 e. The van der Waals surface area contributed by atoms with E-state index in [1.165, 1.54) is 6.07 Å². The summed E-state index contributed by atoms with van der Waals surface area (Å²) in [6.07, 6.45) is 0. The van der Waals surface area contributed by atoms with Crippen LogP contribution in [0.25, 0.3) is 0 Å². The van der Waals surface area contributed by atoms with Gasteiger partial charge in [-0.1, -0.05) is 29.8 Å². The van der Waals surface area contributed by atoms with Crippen molar-refractivity contribution in [2.24, 2.45) is 17.6 Å². The fraction of sp³-hybridized carbons (Fsp3) is 0.417. The maximum atomic E-state index is 13.6. The summed E-state index contributed by atoms with van der Waals surface area (Å²) in [6.45, 7) is 3.81. The summed E-state index contributed by atoms with van der Waals surface area (Å²) in [5.74, 6) is -0.654. The van der Waals surface area contributed by atoms with Crippen molar-refractivity contribution in [3.05, 3.63) is 34.1 Å². The Morgan fingerprint density at radius 2 is 2.06 bits per heavy atom. The van der Waals surface area contributed by atoms with Gasteiger partial charge in [-0.15, -0.1) is 0 Å². The third-order valence-electron chi connectivity index (χ3n) is 2.57. The number of benzene rings is 1. The summed E-state index contributed by atoms with van der Waals surface area (Å²) in [7, 11) is 0. The molecule has 0 heterocycles. The van der Waals surface area contributed by atoms with Crippen LogP contribution in [0.15, 0.2) is 22.7 Å². The average Bonchev–Trinajstić information content (AvgIpc) is 2.22. The first-order valence-electron chi connectivity index (χ1n) is 5.07. The molecule has 1 rings (SSSR count). The van der Waals surface area contributed by atoms with Gasteiger partial charge in [0.25, 0.3) is 0 Å². The van der Waals surface area contributed by atoms with Crippen LogP contribution >= 0.6 is 15.9 Å². The van der Waals surface area contributed by atoms with Crippen molar-refractivity contribution < 1.29 is 4.39 Å². The zero-order valence-corrected chi connectivity index (χ0v) is 10.8. The van der Waals surface area contributed by atoms with E-state index in [2.05, 4.69) is 22.0 Å². The second-order valence-corrected chi connectivity index (χ2v) is 5.01. The molecule has 2 atom stereocenters. The largest absolute Gasteiger partial charge is 0.323 e. The van der Waals surface area contributed by atoms with E-state index < -0.39 is 6.04 Å². The molecule has 0 radical (unpaired) electrons. The van der Waals surface area contributed by atoms with Gasteiger partial charge in [0, 0.05) is 16.1 Å². The summed E-state index contributed by atoms with van der Waals surface area (Å²) in [6, 6.07) is 6.14. The second-order valence-electron chi connectivity index (χ2n) is 4.09. The molecule has 16 heavy (non-hydrogen) atoms. The van der Waals surface area contributed by atoms with E-state index in [-0.39, 0.29) is 17.7 Å². The van der Waals surface area contributed by atoms with Gasteiger partial charge in [-0.2, -0.15) is 5.26 Å². The summed E-state index contributed by atoms with van der Waals surface area (Å²) in [5.41, 5.74) is 6.32. The molecule has 0 fully saturated rings. The van der Waals surface area contributed by atoms with Crippen LogP contribution < -0.4 is 5.73 Å². The maximum absolute atomic E-state index is 13.6. The van der Waals surface area contributed by atoms with Gasteiger partial charge in [0.1, 0.15) is 5.82 Å². The lowest BCUT2D eigenvalue weighted by atomic mass is 9.86. The lowest BCUT2D eigenvalue weighted by Crippen LogP contribution is -2.25. The zero-order valence-electron chi connectivity index (χ0n) is 9.24. The average molecular weight is 285 g/mol. The minimum atomic E-state index is -0.595. The van der Waals surface area contributed by atoms with Gasteiger partial charge in [0.15, 0.2) is 0 Å². The summed E-state index contributed by atoms with van der Waals surface area (Å²) >= 11 is 3.27. The van der Waals surface area contributed by atoms with Gasteiger partial charge in [0.2, 0.25) is 0 Å². The standard InChI is InChI=1S/C12H14BrFN2/c1-7(2)10(6-15)12(16)9-5-8(13)3-4-11(9)14/h3-5,7,10,12H,16H2,1-2H3. The van der Waals surface area contributed by atoms with E-state index >= 15 is 0 Å². The van der Waals surface area contributed by atoms with Crippen LogP contribution in [0.3, 0.4) is 0 Å². The van der Waals surface area contributed by atoms with Crippen LogP contribution in [0.5, 0.6) is 0 Å². The van der Waals surface area contributed by atoms with E-state index in [4.69, 9.17) is 11.0 Å². The smallest absolute Gasteiger partial charge is 0.128 e. The predicted octanol–water partition coefficient (Wildman–Crippen LogP) is 3.38. The van der Waals surface area contributed by atoms with Crippen molar-refractivity contribution in [2.75, 3.05) is 0 Å². The summed E-state index contributed by atoms with van der Waals surface area (Å²) in [4.78, 5) is 0. The van der Waals surface area contributed by atoms with Crippen molar-refractivity contribution in [3.8, 4) is 6.07 Å². The Labute approximate surface area is 103 Å². The molecule has 0 aromatic heterocycles. The van der Waals surface area contributed by atoms with Gasteiger partial charge in [-0.25, -0.2) is 4.39 Å². The van der Waals surface area contributed by atoms with Gasteiger partial charge >= 0.3 is 0 Å². The van der Waals surface area contributed by atoms with E-state index in [1.54, 1.807) is 12.1 Å². The van der Waals surface area contributed by atoms with Crippen LogP contribution in [-0.2, 0) is 0 Å². The Bertz CT molecular complexity index is 412. The van der Waals surface area contributed by atoms with E-state index in [1.807, 2.05) is 13.8 Å². The van der Waals surface area contributed by atoms with Crippen molar-refractivity contribution in [1.29, 1.82) is 5.26 Å². The maximum Gasteiger partial charge on any atom is 0.128 e. The highest BCUT2D eigenvalue weighted by Gasteiger charge is 2.24. The number of hydrogen-bond donors (Lipinski definition) is 1. The molecular weight excluding hydrogens is 271 g/mol. The van der Waals surface area contributed by atoms with Gasteiger partial charge in [-0.3, -0.25) is 0 Å². The normalized spacial score (nSPS) is 14.6. The Morgan fingerprint density at radius 1 is 1.44 bits per heavy atom. The Morgan fingerprint density at radius 3 is 2.56 bits per heavy atom. The first kappa shape index (κ1) is 13.1. The number of nitriles is 1. The molecule has 0 bridgehead atoms. The SMILES string of the molecule is CC(C)C(C#N)C(N)c1cc(Br)ccc1F. The topological polar surface area (TPSA) is 49.8 Å². The zero-order chi connectivity index (χ0) is 12.3. The molecule has 2 N–H and O–H groups in total. The number of nitrogens with two attached hydrogens (primary N) is 1. The molecule has 1 aromatic carbocycles. The molecule has 0 aliphatic heterocycles. The van der Waals surface area contributed by atoms with Gasteiger partial charge in [-0.05, 0) is 24.1 Å². The number of nitrogens with zero attached hydrogens (tertiary/aromatic N) is 1. The molecule has 2 unspecified atom stereocenters. The van der Waals surface area contributed by atoms with E-state index in [9.17, 15) is 4.39 Å². The molecule has 0 saturated heterocycles. The van der Waals surface area contributed by atoms with Crippen molar-refractivity contribution in [1.82, 2.24) is 0 Å². The van der Waals surface area contributed by atoms with Crippen molar-refractivity contribution in [3.63, 3.8) is 0 Å². The van der Waals surface area contributed by atoms with Crippen LogP contribution in [0.4, 0.5) is 4.39 Å². The third kappa shape index (κ3) is 2.81. The second kappa shape index (κ2) is 5.42. The number of halogens is 2. The molecule has 4 heteroatoms. The van der Waals surface area contributed by atoms with Crippen LogP contribution in [-0.4, -0.2) is 0 Å². The number of rotatable bonds is 3. The molecule has 2 nitrogen and oxygen atoms in total. The molecule has 0 saturated carbocycles.